The third-order valence-corrected chi connectivity index (χ3v) is 2.68. The zero-order valence-electron chi connectivity index (χ0n) is 9.53. The van der Waals surface area contributed by atoms with Crippen LogP contribution < -0.4 is 11.1 Å². The molecule has 100 valence electrons. The van der Waals surface area contributed by atoms with Gasteiger partial charge < -0.3 is 16.0 Å². The van der Waals surface area contributed by atoms with Crippen LogP contribution in [-0.2, 0) is 0 Å². The standard InChI is InChI=1S/C11H13F2N3O.ClH/c12-9-2-1-8(5-10(9)13)15-11(17)16-4-3-7(14)6-16;/h1-2,5,7H,3-4,6,14H2,(H,15,17);1H. The number of benzene rings is 1. The zero-order chi connectivity index (χ0) is 12.4. The number of nitrogens with one attached hydrogen (secondary N) is 1. The first-order chi connectivity index (χ1) is 8.06. The van der Waals surface area contributed by atoms with E-state index in [0.29, 0.717) is 13.1 Å². The molecular formula is C11H14ClF2N3O. The molecule has 0 bridgehead atoms. The SMILES string of the molecule is Cl.NC1CCN(C(=O)Nc2ccc(F)c(F)c2)C1. The maximum absolute atomic E-state index is 12.9. The number of halogens is 3. The summed E-state index contributed by atoms with van der Waals surface area (Å²) in [5.74, 6) is -1.92. The summed E-state index contributed by atoms with van der Waals surface area (Å²) in [7, 11) is 0. The van der Waals surface area contributed by atoms with Crippen LogP contribution in [0.4, 0.5) is 19.3 Å². The van der Waals surface area contributed by atoms with Crippen molar-refractivity contribution in [2.24, 2.45) is 5.73 Å². The van der Waals surface area contributed by atoms with Crippen LogP contribution in [0, 0.1) is 11.6 Å². The molecule has 1 saturated heterocycles. The van der Waals surface area contributed by atoms with Gasteiger partial charge in [-0.05, 0) is 18.6 Å². The summed E-state index contributed by atoms with van der Waals surface area (Å²) in [6.45, 7) is 1.06. The highest BCUT2D eigenvalue weighted by atomic mass is 35.5. The highest BCUT2D eigenvalue weighted by Crippen LogP contribution is 2.15. The van der Waals surface area contributed by atoms with Crippen molar-refractivity contribution >= 4 is 24.1 Å². The van der Waals surface area contributed by atoms with Gasteiger partial charge in [0, 0.05) is 30.9 Å². The number of amides is 2. The second-order valence-electron chi connectivity index (χ2n) is 4.05. The molecule has 0 spiro atoms. The molecule has 2 rings (SSSR count). The minimum absolute atomic E-state index is 0. The van der Waals surface area contributed by atoms with E-state index in [9.17, 15) is 13.6 Å². The van der Waals surface area contributed by atoms with Gasteiger partial charge >= 0.3 is 6.03 Å². The topological polar surface area (TPSA) is 58.4 Å². The highest BCUT2D eigenvalue weighted by Gasteiger charge is 2.23. The molecular weight excluding hydrogens is 264 g/mol. The monoisotopic (exact) mass is 277 g/mol. The number of anilines is 1. The molecule has 7 heteroatoms. The number of urea groups is 1. The summed E-state index contributed by atoms with van der Waals surface area (Å²) in [5, 5.41) is 2.50. The predicted octanol–water partition coefficient (Wildman–Crippen LogP) is 1.95. The van der Waals surface area contributed by atoms with Gasteiger partial charge in [-0.2, -0.15) is 0 Å². The van der Waals surface area contributed by atoms with E-state index in [2.05, 4.69) is 5.32 Å². The Kier molecular flexibility index (Phi) is 4.86. The Morgan fingerprint density at radius 1 is 1.39 bits per heavy atom. The lowest BCUT2D eigenvalue weighted by atomic mass is 10.3. The lowest BCUT2D eigenvalue weighted by Gasteiger charge is -2.16. The van der Waals surface area contributed by atoms with Gasteiger partial charge in [-0.25, -0.2) is 13.6 Å². The van der Waals surface area contributed by atoms with Crippen LogP contribution in [0.15, 0.2) is 18.2 Å². The number of nitrogens with two attached hydrogens (primary N) is 1. The molecule has 0 aromatic heterocycles. The molecule has 1 heterocycles. The molecule has 1 fully saturated rings. The maximum atomic E-state index is 12.9. The summed E-state index contributed by atoms with van der Waals surface area (Å²) in [4.78, 5) is 13.2. The first-order valence-corrected chi connectivity index (χ1v) is 5.33. The summed E-state index contributed by atoms with van der Waals surface area (Å²) < 4.78 is 25.6. The number of likely N-dealkylation sites (tertiary alicyclic amines) is 1. The lowest BCUT2D eigenvalue weighted by molar-refractivity contribution is 0.222. The Morgan fingerprint density at radius 2 is 2.11 bits per heavy atom. The fraction of sp³-hybridized carbons (Fsp3) is 0.364. The minimum Gasteiger partial charge on any atom is -0.326 e. The van der Waals surface area contributed by atoms with Crippen LogP contribution in [0.3, 0.4) is 0 Å². The second kappa shape index (κ2) is 5.97. The van der Waals surface area contributed by atoms with Gasteiger partial charge in [0.2, 0.25) is 0 Å². The van der Waals surface area contributed by atoms with E-state index in [4.69, 9.17) is 5.73 Å². The molecule has 1 atom stereocenters. The number of carbonyl (C=O) groups is 1. The van der Waals surface area contributed by atoms with Crippen molar-refractivity contribution in [3.05, 3.63) is 29.8 Å². The number of hydrogen-bond acceptors (Lipinski definition) is 2. The molecule has 4 nitrogen and oxygen atoms in total. The molecule has 1 unspecified atom stereocenters. The average Bonchev–Trinajstić information content (AvgIpc) is 2.70. The average molecular weight is 278 g/mol. The van der Waals surface area contributed by atoms with Crippen LogP contribution in [0.2, 0.25) is 0 Å². The molecule has 3 N–H and O–H groups in total. The minimum atomic E-state index is -0.985. The highest BCUT2D eigenvalue weighted by molar-refractivity contribution is 5.89. The van der Waals surface area contributed by atoms with Crippen molar-refractivity contribution in [1.82, 2.24) is 4.90 Å². The molecule has 2 amide bonds. The van der Waals surface area contributed by atoms with Crippen LogP contribution in [0.25, 0.3) is 0 Å². The van der Waals surface area contributed by atoms with Gasteiger partial charge in [0.05, 0.1) is 0 Å². The fourth-order valence-electron chi connectivity index (χ4n) is 1.75. The maximum Gasteiger partial charge on any atom is 0.321 e. The van der Waals surface area contributed by atoms with Crippen molar-refractivity contribution in [1.29, 1.82) is 0 Å². The van der Waals surface area contributed by atoms with Crippen molar-refractivity contribution in [3.8, 4) is 0 Å². The largest absolute Gasteiger partial charge is 0.326 e. The van der Waals surface area contributed by atoms with E-state index in [0.717, 1.165) is 18.6 Å². The Hall–Kier alpha value is -1.40. The third kappa shape index (κ3) is 3.30. The van der Waals surface area contributed by atoms with Gasteiger partial charge in [0.1, 0.15) is 0 Å². The quantitative estimate of drug-likeness (QED) is 0.824. The molecule has 1 aromatic carbocycles. The first kappa shape index (κ1) is 14.7. The predicted molar refractivity (Wildman–Crippen MR) is 66.8 cm³/mol. The van der Waals surface area contributed by atoms with E-state index in [1.807, 2.05) is 0 Å². The molecule has 0 saturated carbocycles. The Balaban J connectivity index is 0.00000162. The Morgan fingerprint density at radius 3 is 2.67 bits per heavy atom. The second-order valence-corrected chi connectivity index (χ2v) is 4.05. The van der Waals surface area contributed by atoms with Gasteiger partial charge in [0.25, 0.3) is 0 Å². The number of rotatable bonds is 1. The molecule has 1 aromatic rings. The van der Waals surface area contributed by atoms with E-state index in [1.54, 1.807) is 4.90 Å². The van der Waals surface area contributed by atoms with Crippen molar-refractivity contribution in [2.75, 3.05) is 18.4 Å². The van der Waals surface area contributed by atoms with Crippen LogP contribution in [-0.4, -0.2) is 30.1 Å². The lowest BCUT2D eigenvalue weighted by Crippen LogP contribution is -2.35. The number of hydrogen-bond donors (Lipinski definition) is 2. The van der Waals surface area contributed by atoms with E-state index >= 15 is 0 Å². The Bertz CT molecular complexity index is 444. The van der Waals surface area contributed by atoms with Crippen molar-refractivity contribution in [3.63, 3.8) is 0 Å². The van der Waals surface area contributed by atoms with E-state index in [1.165, 1.54) is 6.07 Å². The van der Waals surface area contributed by atoms with Gasteiger partial charge in [-0.15, -0.1) is 12.4 Å². The summed E-state index contributed by atoms with van der Waals surface area (Å²) >= 11 is 0. The number of nitrogens with zero attached hydrogens (tertiary/aromatic N) is 1. The van der Waals surface area contributed by atoms with Gasteiger partial charge in [-0.1, -0.05) is 0 Å². The van der Waals surface area contributed by atoms with Crippen LogP contribution in [0.5, 0.6) is 0 Å². The van der Waals surface area contributed by atoms with Crippen LogP contribution in [0.1, 0.15) is 6.42 Å². The van der Waals surface area contributed by atoms with Crippen LogP contribution >= 0.6 is 12.4 Å². The van der Waals surface area contributed by atoms with Gasteiger partial charge in [-0.3, -0.25) is 0 Å². The smallest absolute Gasteiger partial charge is 0.321 e. The summed E-state index contributed by atoms with van der Waals surface area (Å²) in [6, 6.07) is 2.88. The summed E-state index contributed by atoms with van der Waals surface area (Å²) in [6.07, 6.45) is 0.755. The molecule has 1 aliphatic heterocycles. The van der Waals surface area contributed by atoms with E-state index in [-0.39, 0.29) is 30.2 Å². The third-order valence-electron chi connectivity index (χ3n) is 2.68. The molecule has 0 aliphatic carbocycles. The number of carbonyl (C=O) groups excluding carboxylic acids is 1. The molecule has 0 radical (unpaired) electrons. The summed E-state index contributed by atoms with van der Waals surface area (Å²) in [5.41, 5.74) is 5.90. The fourth-order valence-corrected chi connectivity index (χ4v) is 1.75. The van der Waals surface area contributed by atoms with Crippen molar-refractivity contribution < 1.29 is 13.6 Å². The van der Waals surface area contributed by atoms with Gasteiger partial charge in [0.15, 0.2) is 11.6 Å². The molecule has 1 aliphatic rings. The first-order valence-electron chi connectivity index (χ1n) is 5.33. The normalized spacial score (nSPS) is 18.4. The van der Waals surface area contributed by atoms with E-state index < -0.39 is 11.6 Å². The van der Waals surface area contributed by atoms with Crippen molar-refractivity contribution in [2.45, 2.75) is 12.5 Å². The zero-order valence-corrected chi connectivity index (χ0v) is 10.3. The molecule has 18 heavy (non-hydrogen) atoms. The Labute approximate surface area is 110 Å².